The summed E-state index contributed by atoms with van der Waals surface area (Å²) in [4.78, 5) is 24.4. The predicted octanol–water partition coefficient (Wildman–Crippen LogP) is 3.19. The van der Waals surface area contributed by atoms with E-state index in [0.29, 0.717) is 5.56 Å². The Labute approximate surface area is 123 Å². The van der Waals surface area contributed by atoms with Gasteiger partial charge >= 0.3 is 5.97 Å². The van der Waals surface area contributed by atoms with Crippen LogP contribution in [0.4, 0.5) is 0 Å². The second kappa shape index (κ2) is 5.52. The molecule has 0 heterocycles. The van der Waals surface area contributed by atoms with Gasteiger partial charge in [0.15, 0.2) is 5.78 Å². The first-order chi connectivity index (χ1) is 10.2. The van der Waals surface area contributed by atoms with Crippen molar-refractivity contribution in [2.24, 2.45) is 5.92 Å². The van der Waals surface area contributed by atoms with E-state index < -0.39 is 5.92 Å². The lowest BCUT2D eigenvalue weighted by atomic mass is 9.71. The molecule has 2 aromatic carbocycles. The smallest absolute Gasteiger partial charge is 0.310 e. The van der Waals surface area contributed by atoms with Crippen LogP contribution in [-0.2, 0) is 9.53 Å². The lowest BCUT2D eigenvalue weighted by Gasteiger charge is -2.31. The molecule has 1 aliphatic rings. The monoisotopic (exact) mass is 280 g/mol. The molecule has 0 amide bonds. The summed E-state index contributed by atoms with van der Waals surface area (Å²) in [5.41, 5.74) is 2.66. The van der Waals surface area contributed by atoms with Crippen LogP contribution in [0, 0.1) is 5.92 Å². The molecule has 2 unspecified atom stereocenters. The first kappa shape index (κ1) is 13.6. The van der Waals surface area contributed by atoms with Crippen LogP contribution in [0.1, 0.15) is 33.8 Å². The average Bonchev–Trinajstić information content (AvgIpc) is 2.55. The molecular formula is C18H16O3. The van der Waals surface area contributed by atoms with E-state index in [1.165, 1.54) is 7.11 Å². The molecule has 0 fully saturated rings. The van der Waals surface area contributed by atoms with Crippen molar-refractivity contribution in [3.63, 3.8) is 0 Å². The first-order valence-corrected chi connectivity index (χ1v) is 6.97. The highest BCUT2D eigenvalue weighted by atomic mass is 16.5. The molecule has 0 spiro atoms. The SMILES string of the molecule is COC(=O)C1CC(=O)c2ccccc2C1c1ccccc1. The fourth-order valence-electron chi connectivity index (χ4n) is 3.11. The molecule has 0 aliphatic heterocycles. The van der Waals surface area contributed by atoms with Crippen LogP contribution in [0.2, 0.25) is 0 Å². The Balaban J connectivity index is 2.16. The zero-order valence-electron chi connectivity index (χ0n) is 11.8. The van der Waals surface area contributed by atoms with Crippen LogP contribution < -0.4 is 0 Å². The highest BCUT2D eigenvalue weighted by molar-refractivity contribution is 6.02. The zero-order valence-corrected chi connectivity index (χ0v) is 11.8. The normalized spacial score (nSPS) is 20.7. The largest absolute Gasteiger partial charge is 0.469 e. The Bertz CT molecular complexity index is 676. The molecule has 0 N–H and O–H groups in total. The molecule has 2 atom stereocenters. The van der Waals surface area contributed by atoms with Crippen LogP contribution in [0.15, 0.2) is 54.6 Å². The fraction of sp³-hybridized carbons (Fsp3) is 0.222. The second-order valence-electron chi connectivity index (χ2n) is 5.23. The molecule has 1 aliphatic carbocycles. The standard InChI is InChI=1S/C18H16O3/c1-21-18(20)15-11-16(19)13-9-5-6-10-14(13)17(15)12-7-3-2-4-8-12/h2-10,15,17H,11H2,1H3. The van der Waals surface area contributed by atoms with E-state index in [0.717, 1.165) is 11.1 Å². The van der Waals surface area contributed by atoms with Crippen LogP contribution >= 0.6 is 0 Å². The topological polar surface area (TPSA) is 43.4 Å². The number of fused-ring (bicyclic) bond motifs is 1. The van der Waals surface area contributed by atoms with Crippen LogP contribution in [0.3, 0.4) is 0 Å². The molecule has 0 bridgehead atoms. The van der Waals surface area contributed by atoms with Crippen molar-refractivity contribution in [2.75, 3.05) is 7.11 Å². The molecule has 106 valence electrons. The van der Waals surface area contributed by atoms with Gasteiger partial charge in [-0.05, 0) is 11.1 Å². The summed E-state index contributed by atoms with van der Waals surface area (Å²) < 4.78 is 4.91. The van der Waals surface area contributed by atoms with Crippen LogP contribution in [0.25, 0.3) is 0 Å². The van der Waals surface area contributed by atoms with Gasteiger partial charge in [-0.1, -0.05) is 54.6 Å². The number of carbonyl (C=O) groups is 2. The summed E-state index contributed by atoms with van der Waals surface area (Å²) in [6.45, 7) is 0. The number of hydrogen-bond acceptors (Lipinski definition) is 3. The Morgan fingerprint density at radius 3 is 2.43 bits per heavy atom. The number of Topliss-reactive ketones (excluding diaryl/α,β-unsaturated/α-hetero) is 1. The molecule has 0 radical (unpaired) electrons. The van der Waals surface area contributed by atoms with E-state index >= 15 is 0 Å². The number of benzene rings is 2. The minimum absolute atomic E-state index is 0.00758. The Hall–Kier alpha value is -2.42. The summed E-state index contributed by atoms with van der Waals surface area (Å²) in [5.74, 6) is -0.910. The summed E-state index contributed by atoms with van der Waals surface area (Å²) in [7, 11) is 1.37. The summed E-state index contributed by atoms with van der Waals surface area (Å²) >= 11 is 0. The minimum atomic E-state index is -0.459. The van der Waals surface area contributed by atoms with E-state index in [4.69, 9.17) is 4.74 Å². The van der Waals surface area contributed by atoms with Gasteiger partial charge < -0.3 is 4.74 Å². The van der Waals surface area contributed by atoms with Gasteiger partial charge in [0.05, 0.1) is 13.0 Å². The molecule has 3 rings (SSSR count). The Morgan fingerprint density at radius 1 is 1.05 bits per heavy atom. The minimum Gasteiger partial charge on any atom is -0.469 e. The van der Waals surface area contributed by atoms with Gasteiger partial charge in [-0.2, -0.15) is 0 Å². The third-order valence-electron chi connectivity index (χ3n) is 4.07. The van der Waals surface area contributed by atoms with Gasteiger partial charge in [-0.3, -0.25) is 9.59 Å². The van der Waals surface area contributed by atoms with Crippen LogP contribution in [0.5, 0.6) is 0 Å². The number of ketones is 1. The lowest BCUT2D eigenvalue weighted by molar-refractivity contribution is -0.146. The van der Waals surface area contributed by atoms with Crippen molar-refractivity contribution in [2.45, 2.75) is 12.3 Å². The van der Waals surface area contributed by atoms with Gasteiger partial charge in [0.1, 0.15) is 0 Å². The first-order valence-electron chi connectivity index (χ1n) is 6.97. The molecule has 0 aromatic heterocycles. The van der Waals surface area contributed by atoms with Gasteiger partial charge in [-0.15, -0.1) is 0 Å². The highest BCUT2D eigenvalue weighted by Crippen LogP contribution is 2.41. The Kier molecular flexibility index (Phi) is 3.57. The summed E-state index contributed by atoms with van der Waals surface area (Å²) in [6, 6.07) is 17.3. The number of esters is 1. The van der Waals surface area contributed by atoms with Crippen molar-refractivity contribution in [1.82, 2.24) is 0 Å². The summed E-state index contributed by atoms with van der Waals surface area (Å²) in [6.07, 6.45) is 0.198. The van der Waals surface area contributed by atoms with Crippen molar-refractivity contribution in [3.05, 3.63) is 71.3 Å². The van der Waals surface area contributed by atoms with E-state index in [9.17, 15) is 9.59 Å². The van der Waals surface area contributed by atoms with Gasteiger partial charge in [0, 0.05) is 17.9 Å². The number of ether oxygens (including phenoxy) is 1. The Morgan fingerprint density at radius 2 is 1.71 bits per heavy atom. The molecule has 21 heavy (non-hydrogen) atoms. The quantitative estimate of drug-likeness (QED) is 0.793. The van der Waals surface area contributed by atoms with E-state index in [1.807, 2.05) is 54.6 Å². The average molecular weight is 280 g/mol. The molecular weight excluding hydrogens is 264 g/mol. The highest BCUT2D eigenvalue weighted by Gasteiger charge is 2.39. The zero-order chi connectivity index (χ0) is 14.8. The van der Waals surface area contributed by atoms with E-state index in [-0.39, 0.29) is 24.1 Å². The van der Waals surface area contributed by atoms with Gasteiger partial charge in [0.2, 0.25) is 0 Å². The number of carbonyl (C=O) groups excluding carboxylic acids is 2. The maximum absolute atomic E-state index is 12.3. The van der Waals surface area contributed by atoms with Gasteiger partial charge in [0.25, 0.3) is 0 Å². The van der Waals surface area contributed by atoms with Gasteiger partial charge in [-0.25, -0.2) is 0 Å². The molecule has 0 saturated heterocycles. The van der Waals surface area contributed by atoms with E-state index in [2.05, 4.69) is 0 Å². The molecule has 2 aromatic rings. The number of hydrogen-bond donors (Lipinski definition) is 0. The lowest BCUT2D eigenvalue weighted by Crippen LogP contribution is -2.32. The van der Waals surface area contributed by atoms with Crippen molar-refractivity contribution < 1.29 is 14.3 Å². The second-order valence-corrected chi connectivity index (χ2v) is 5.23. The molecule has 3 heteroatoms. The van der Waals surface area contributed by atoms with E-state index in [1.54, 1.807) is 0 Å². The molecule has 3 nitrogen and oxygen atoms in total. The predicted molar refractivity (Wildman–Crippen MR) is 79.2 cm³/mol. The number of rotatable bonds is 2. The summed E-state index contributed by atoms with van der Waals surface area (Å²) in [5, 5.41) is 0. The fourth-order valence-corrected chi connectivity index (χ4v) is 3.11. The van der Waals surface area contributed by atoms with Crippen LogP contribution in [-0.4, -0.2) is 18.9 Å². The number of methoxy groups -OCH3 is 1. The maximum atomic E-state index is 12.3. The van der Waals surface area contributed by atoms with Crippen molar-refractivity contribution in [1.29, 1.82) is 0 Å². The maximum Gasteiger partial charge on any atom is 0.310 e. The van der Waals surface area contributed by atoms with Crippen molar-refractivity contribution >= 4 is 11.8 Å². The third-order valence-corrected chi connectivity index (χ3v) is 4.07. The molecule has 0 saturated carbocycles. The van der Waals surface area contributed by atoms with Crippen molar-refractivity contribution in [3.8, 4) is 0 Å². The third kappa shape index (κ3) is 2.35.